The van der Waals surface area contributed by atoms with Gasteiger partial charge >= 0.3 is 0 Å². The zero-order valence-corrected chi connectivity index (χ0v) is 11.5. The van der Waals surface area contributed by atoms with Gasteiger partial charge in [0, 0.05) is 5.69 Å². The average molecular weight is 283 g/mol. The number of hydrogen-bond acceptors (Lipinski definition) is 4. The van der Waals surface area contributed by atoms with Gasteiger partial charge in [0.1, 0.15) is 0 Å². The zero-order valence-electron chi connectivity index (χ0n) is 10.6. The van der Waals surface area contributed by atoms with Crippen LogP contribution in [0.3, 0.4) is 0 Å². The van der Waals surface area contributed by atoms with E-state index in [0.717, 1.165) is 25.6 Å². The van der Waals surface area contributed by atoms with Gasteiger partial charge < -0.3 is 10.6 Å². The lowest BCUT2D eigenvalue weighted by Gasteiger charge is -2.12. The molecule has 0 radical (unpaired) electrons. The Kier molecular flexibility index (Phi) is 4.06. The first kappa shape index (κ1) is 13.8. The molecule has 7 heteroatoms. The Bertz CT molecular complexity index is 565. The molecule has 1 aromatic carbocycles. The predicted octanol–water partition coefficient (Wildman–Crippen LogP) is 0.749. The first-order valence-electron chi connectivity index (χ1n) is 6.06. The first-order valence-corrected chi connectivity index (χ1v) is 7.95. The van der Waals surface area contributed by atoms with E-state index in [1.54, 1.807) is 24.3 Å². The van der Waals surface area contributed by atoms with Crippen molar-refractivity contribution in [2.45, 2.75) is 18.9 Å². The van der Waals surface area contributed by atoms with Crippen molar-refractivity contribution in [3.05, 3.63) is 24.3 Å². The number of carbonyl (C=O) groups excluding carboxylic acids is 1. The lowest BCUT2D eigenvalue weighted by Crippen LogP contribution is -2.35. The van der Waals surface area contributed by atoms with Crippen LogP contribution < -0.4 is 15.4 Å². The highest BCUT2D eigenvalue weighted by Crippen LogP contribution is 2.17. The first-order chi connectivity index (χ1) is 8.94. The number of hydrogen-bond donors (Lipinski definition) is 3. The molecule has 1 heterocycles. The average Bonchev–Trinajstić information content (AvgIpc) is 2.80. The summed E-state index contributed by atoms with van der Waals surface area (Å²) in [5.74, 6) is -0.0889. The molecule has 0 saturated carbocycles. The SMILES string of the molecule is CS(=O)(=O)Nc1cccc(NC(=O)[C@@H]2CCCN2)c1. The third kappa shape index (κ3) is 4.22. The van der Waals surface area contributed by atoms with Crippen molar-refractivity contribution < 1.29 is 13.2 Å². The molecule has 0 unspecified atom stereocenters. The Balaban J connectivity index is 2.04. The molecule has 1 fully saturated rings. The van der Waals surface area contributed by atoms with Crippen molar-refractivity contribution in [3.63, 3.8) is 0 Å². The predicted molar refractivity (Wildman–Crippen MR) is 74.6 cm³/mol. The number of amides is 1. The maximum absolute atomic E-state index is 11.9. The monoisotopic (exact) mass is 283 g/mol. The lowest BCUT2D eigenvalue weighted by atomic mass is 10.2. The maximum atomic E-state index is 11.9. The fourth-order valence-electron chi connectivity index (χ4n) is 2.01. The van der Waals surface area contributed by atoms with Crippen LogP contribution >= 0.6 is 0 Å². The van der Waals surface area contributed by atoms with Crippen LogP contribution in [0.15, 0.2) is 24.3 Å². The number of rotatable bonds is 4. The van der Waals surface area contributed by atoms with E-state index in [9.17, 15) is 13.2 Å². The molecule has 1 aromatic rings. The molecule has 1 atom stereocenters. The Morgan fingerprint density at radius 1 is 1.37 bits per heavy atom. The van der Waals surface area contributed by atoms with Crippen LogP contribution in [0.25, 0.3) is 0 Å². The van der Waals surface area contributed by atoms with E-state index in [4.69, 9.17) is 0 Å². The second-order valence-electron chi connectivity index (χ2n) is 4.59. The molecule has 3 N–H and O–H groups in total. The highest BCUT2D eigenvalue weighted by Gasteiger charge is 2.21. The number of nitrogens with one attached hydrogen (secondary N) is 3. The highest BCUT2D eigenvalue weighted by atomic mass is 32.2. The van der Waals surface area contributed by atoms with Crippen molar-refractivity contribution >= 4 is 27.3 Å². The molecule has 1 aliphatic rings. The molecule has 19 heavy (non-hydrogen) atoms. The third-order valence-electron chi connectivity index (χ3n) is 2.81. The Morgan fingerprint density at radius 3 is 2.74 bits per heavy atom. The van der Waals surface area contributed by atoms with E-state index in [2.05, 4.69) is 15.4 Å². The van der Waals surface area contributed by atoms with Crippen LogP contribution in [-0.2, 0) is 14.8 Å². The van der Waals surface area contributed by atoms with Crippen LogP contribution in [0.2, 0.25) is 0 Å². The smallest absolute Gasteiger partial charge is 0.241 e. The topological polar surface area (TPSA) is 87.3 Å². The summed E-state index contributed by atoms with van der Waals surface area (Å²) in [5.41, 5.74) is 1.01. The van der Waals surface area contributed by atoms with Gasteiger partial charge in [-0.15, -0.1) is 0 Å². The van der Waals surface area contributed by atoms with Gasteiger partial charge in [0.2, 0.25) is 15.9 Å². The highest BCUT2D eigenvalue weighted by molar-refractivity contribution is 7.92. The summed E-state index contributed by atoms with van der Waals surface area (Å²) in [4.78, 5) is 11.9. The van der Waals surface area contributed by atoms with Crippen molar-refractivity contribution in [1.82, 2.24) is 5.32 Å². The van der Waals surface area contributed by atoms with Gasteiger partial charge in [-0.2, -0.15) is 0 Å². The summed E-state index contributed by atoms with van der Waals surface area (Å²) in [7, 11) is -3.31. The molecular weight excluding hydrogens is 266 g/mol. The zero-order chi connectivity index (χ0) is 13.9. The molecule has 1 saturated heterocycles. The summed E-state index contributed by atoms with van der Waals surface area (Å²) >= 11 is 0. The summed E-state index contributed by atoms with van der Waals surface area (Å²) in [6.07, 6.45) is 2.90. The van der Waals surface area contributed by atoms with E-state index < -0.39 is 10.0 Å². The summed E-state index contributed by atoms with van der Waals surface area (Å²) in [6.45, 7) is 0.855. The van der Waals surface area contributed by atoms with Crippen LogP contribution in [-0.4, -0.2) is 33.2 Å². The van der Waals surface area contributed by atoms with Gasteiger partial charge in [0.25, 0.3) is 0 Å². The Hall–Kier alpha value is -1.60. The normalized spacial score (nSPS) is 19.1. The summed E-state index contributed by atoms with van der Waals surface area (Å²) < 4.78 is 24.6. The molecule has 0 aliphatic carbocycles. The fraction of sp³-hybridized carbons (Fsp3) is 0.417. The van der Waals surface area contributed by atoms with Gasteiger partial charge in [-0.1, -0.05) is 6.07 Å². The molecule has 1 aliphatic heterocycles. The van der Waals surface area contributed by atoms with E-state index in [0.29, 0.717) is 11.4 Å². The molecule has 0 bridgehead atoms. The maximum Gasteiger partial charge on any atom is 0.241 e. The van der Waals surface area contributed by atoms with Crippen LogP contribution in [0.4, 0.5) is 11.4 Å². The molecule has 0 aromatic heterocycles. The Morgan fingerprint density at radius 2 is 2.11 bits per heavy atom. The number of benzene rings is 1. The fourth-order valence-corrected chi connectivity index (χ4v) is 2.57. The molecular formula is C12H17N3O3S. The van der Waals surface area contributed by atoms with E-state index in [1.807, 2.05) is 0 Å². The summed E-state index contributed by atoms with van der Waals surface area (Å²) in [6, 6.07) is 6.47. The van der Waals surface area contributed by atoms with Crippen LogP contribution in [0, 0.1) is 0 Å². The summed E-state index contributed by atoms with van der Waals surface area (Å²) in [5, 5.41) is 5.88. The second-order valence-corrected chi connectivity index (χ2v) is 6.34. The van der Waals surface area contributed by atoms with Gasteiger partial charge in [-0.05, 0) is 37.6 Å². The van der Waals surface area contributed by atoms with Gasteiger partial charge in [0.15, 0.2) is 0 Å². The van der Waals surface area contributed by atoms with Crippen molar-refractivity contribution in [3.8, 4) is 0 Å². The minimum atomic E-state index is -3.31. The molecule has 1 amide bonds. The number of sulfonamides is 1. The van der Waals surface area contributed by atoms with Gasteiger partial charge in [-0.25, -0.2) is 8.42 Å². The van der Waals surface area contributed by atoms with E-state index in [-0.39, 0.29) is 11.9 Å². The molecule has 104 valence electrons. The minimum Gasteiger partial charge on any atom is -0.325 e. The van der Waals surface area contributed by atoms with E-state index in [1.165, 1.54) is 0 Å². The van der Waals surface area contributed by atoms with Crippen LogP contribution in [0.1, 0.15) is 12.8 Å². The largest absolute Gasteiger partial charge is 0.325 e. The van der Waals surface area contributed by atoms with E-state index >= 15 is 0 Å². The van der Waals surface area contributed by atoms with Crippen molar-refractivity contribution in [1.29, 1.82) is 0 Å². The van der Waals surface area contributed by atoms with Crippen molar-refractivity contribution in [2.24, 2.45) is 0 Å². The minimum absolute atomic E-state index is 0.0889. The number of carbonyl (C=O) groups is 1. The van der Waals surface area contributed by atoms with Crippen LogP contribution in [0.5, 0.6) is 0 Å². The molecule has 0 spiro atoms. The number of anilines is 2. The molecule has 2 rings (SSSR count). The second kappa shape index (κ2) is 5.58. The van der Waals surface area contributed by atoms with Gasteiger partial charge in [0.05, 0.1) is 18.0 Å². The lowest BCUT2D eigenvalue weighted by molar-refractivity contribution is -0.117. The quantitative estimate of drug-likeness (QED) is 0.761. The third-order valence-corrected chi connectivity index (χ3v) is 3.42. The van der Waals surface area contributed by atoms with Crippen molar-refractivity contribution in [2.75, 3.05) is 22.8 Å². The Labute approximate surface area is 112 Å². The van der Waals surface area contributed by atoms with Gasteiger partial charge in [-0.3, -0.25) is 9.52 Å². The standard InChI is InChI=1S/C12H17N3O3S/c1-19(17,18)15-10-5-2-4-9(8-10)14-12(16)11-6-3-7-13-11/h2,4-5,8,11,13,15H,3,6-7H2,1H3,(H,14,16)/t11-/m0/s1. The molecule has 6 nitrogen and oxygen atoms in total.